The molecule has 0 aromatic heterocycles. The van der Waals surface area contributed by atoms with Crippen molar-refractivity contribution in [2.24, 2.45) is 0 Å². The fourth-order valence-corrected chi connectivity index (χ4v) is 4.86. The maximum absolute atomic E-state index is 13.2. The van der Waals surface area contributed by atoms with Crippen molar-refractivity contribution >= 4 is 17.3 Å². The number of anilines is 2. The van der Waals surface area contributed by atoms with Crippen molar-refractivity contribution in [1.82, 2.24) is 9.80 Å². The molecule has 5 nitrogen and oxygen atoms in total. The minimum atomic E-state index is -0.209. The number of likely N-dealkylation sites (tertiary alicyclic amines) is 1. The molecule has 1 fully saturated rings. The molecule has 0 spiro atoms. The Hall–Kier alpha value is -3.38. The minimum absolute atomic E-state index is 0.0413. The third-order valence-corrected chi connectivity index (χ3v) is 6.79. The van der Waals surface area contributed by atoms with E-state index in [1.165, 1.54) is 12.1 Å². The van der Waals surface area contributed by atoms with Gasteiger partial charge in [0, 0.05) is 61.8 Å². The Balaban J connectivity index is 1.52. The first-order chi connectivity index (χ1) is 17.0. The van der Waals surface area contributed by atoms with E-state index in [0.29, 0.717) is 18.7 Å². The molecular formula is C29H34FN3O2. The number of nitrogens with zero attached hydrogens (tertiary/aromatic N) is 3. The van der Waals surface area contributed by atoms with Gasteiger partial charge in [-0.3, -0.25) is 9.69 Å². The van der Waals surface area contributed by atoms with Crippen molar-refractivity contribution in [3.63, 3.8) is 0 Å². The zero-order chi connectivity index (χ0) is 24.8. The maximum atomic E-state index is 13.2. The molecule has 35 heavy (non-hydrogen) atoms. The normalized spacial score (nSPS) is 14.6. The average Bonchev–Trinajstić information content (AvgIpc) is 2.88. The second-order valence-corrected chi connectivity index (χ2v) is 9.05. The first kappa shape index (κ1) is 24.7. The predicted octanol–water partition coefficient (Wildman–Crippen LogP) is 5.82. The van der Waals surface area contributed by atoms with Gasteiger partial charge >= 0.3 is 0 Å². The van der Waals surface area contributed by atoms with Gasteiger partial charge in [-0.25, -0.2) is 4.39 Å². The number of benzene rings is 3. The monoisotopic (exact) mass is 475 g/mol. The Morgan fingerprint density at radius 2 is 1.60 bits per heavy atom. The zero-order valence-electron chi connectivity index (χ0n) is 20.5. The van der Waals surface area contributed by atoms with Crippen LogP contribution in [0.25, 0.3) is 0 Å². The van der Waals surface area contributed by atoms with Crippen LogP contribution in [0.1, 0.15) is 42.6 Å². The Bertz CT molecular complexity index is 1110. The van der Waals surface area contributed by atoms with Gasteiger partial charge in [0.15, 0.2) is 0 Å². The van der Waals surface area contributed by atoms with Crippen LogP contribution in [-0.2, 0) is 6.54 Å². The molecule has 0 atom stereocenters. The average molecular weight is 476 g/mol. The van der Waals surface area contributed by atoms with Gasteiger partial charge in [0.1, 0.15) is 11.6 Å². The highest BCUT2D eigenvalue weighted by Gasteiger charge is 2.27. The minimum Gasteiger partial charge on any atom is -0.508 e. The van der Waals surface area contributed by atoms with Crippen LogP contribution in [0.2, 0.25) is 0 Å². The van der Waals surface area contributed by atoms with E-state index in [2.05, 4.69) is 9.80 Å². The highest BCUT2D eigenvalue weighted by atomic mass is 19.1. The Labute approximate surface area is 207 Å². The summed E-state index contributed by atoms with van der Waals surface area (Å²) in [6.07, 6.45) is 1.91. The highest BCUT2D eigenvalue weighted by Crippen LogP contribution is 2.34. The second kappa shape index (κ2) is 11.4. The molecule has 0 bridgehead atoms. The fraction of sp³-hybridized carbons (Fsp3) is 0.345. The predicted molar refractivity (Wildman–Crippen MR) is 139 cm³/mol. The number of hydrogen-bond acceptors (Lipinski definition) is 4. The molecule has 1 saturated heterocycles. The van der Waals surface area contributed by atoms with Crippen molar-refractivity contribution in [3.05, 3.63) is 89.7 Å². The summed E-state index contributed by atoms with van der Waals surface area (Å²) in [5.74, 6) is 0.0631. The molecule has 184 valence electrons. The number of amides is 1. The third-order valence-electron chi connectivity index (χ3n) is 6.79. The van der Waals surface area contributed by atoms with Crippen molar-refractivity contribution < 1.29 is 14.3 Å². The lowest BCUT2D eigenvalue weighted by Gasteiger charge is -2.40. The standard InChI is InChI=1S/C29H34FN3O2/c1-3-32(4-2)29(35)23-10-14-25(15-11-23)33(27-6-5-7-28(34)20-27)26-16-18-31(19-17-26)21-22-8-12-24(30)13-9-22/h5-15,20,26,34H,3-4,16-19,21H2,1-2H3. The van der Waals surface area contributed by atoms with Gasteiger partial charge in [0.05, 0.1) is 0 Å². The Morgan fingerprint density at radius 1 is 0.943 bits per heavy atom. The molecule has 0 radical (unpaired) electrons. The van der Waals surface area contributed by atoms with Gasteiger partial charge in [-0.1, -0.05) is 18.2 Å². The van der Waals surface area contributed by atoms with Gasteiger partial charge in [0.25, 0.3) is 5.91 Å². The lowest BCUT2D eigenvalue weighted by atomic mass is 10.00. The van der Waals surface area contributed by atoms with Crippen LogP contribution in [-0.4, -0.2) is 53.0 Å². The first-order valence-corrected chi connectivity index (χ1v) is 12.4. The van der Waals surface area contributed by atoms with Crippen molar-refractivity contribution in [2.75, 3.05) is 31.1 Å². The van der Waals surface area contributed by atoms with Crippen LogP contribution in [0.4, 0.5) is 15.8 Å². The summed E-state index contributed by atoms with van der Waals surface area (Å²) in [7, 11) is 0. The maximum Gasteiger partial charge on any atom is 0.253 e. The van der Waals surface area contributed by atoms with Crippen LogP contribution in [0, 0.1) is 5.82 Å². The summed E-state index contributed by atoms with van der Waals surface area (Å²) in [4.78, 5) is 19.3. The lowest BCUT2D eigenvalue weighted by Crippen LogP contribution is -2.42. The van der Waals surface area contributed by atoms with Crippen LogP contribution >= 0.6 is 0 Å². The Kier molecular flexibility index (Phi) is 8.03. The molecule has 1 amide bonds. The summed E-state index contributed by atoms with van der Waals surface area (Å²) in [5, 5.41) is 10.2. The Morgan fingerprint density at radius 3 is 2.20 bits per heavy atom. The molecule has 0 aliphatic carbocycles. The smallest absolute Gasteiger partial charge is 0.253 e. The van der Waals surface area contributed by atoms with E-state index in [0.717, 1.165) is 49.4 Å². The van der Waals surface area contributed by atoms with Crippen LogP contribution in [0.5, 0.6) is 5.75 Å². The quantitative estimate of drug-likeness (QED) is 0.446. The summed E-state index contributed by atoms with van der Waals surface area (Å²) in [5.41, 5.74) is 3.74. The topological polar surface area (TPSA) is 47.0 Å². The van der Waals surface area contributed by atoms with Crippen molar-refractivity contribution in [3.8, 4) is 5.75 Å². The van der Waals surface area contributed by atoms with Crippen LogP contribution in [0.3, 0.4) is 0 Å². The van der Waals surface area contributed by atoms with Crippen LogP contribution < -0.4 is 4.90 Å². The van der Waals surface area contributed by atoms with Gasteiger partial charge in [-0.05, 0) is 80.8 Å². The number of carbonyl (C=O) groups excluding carboxylic acids is 1. The number of hydrogen-bond donors (Lipinski definition) is 1. The number of rotatable bonds is 8. The van der Waals surface area contributed by atoms with Crippen molar-refractivity contribution in [1.29, 1.82) is 0 Å². The number of halogens is 1. The molecule has 0 saturated carbocycles. The van der Waals surface area contributed by atoms with E-state index in [1.54, 1.807) is 12.1 Å². The fourth-order valence-electron chi connectivity index (χ4n) is 4.86. The summed E-state index contributed by atoms with van der Waals surface area (Å²) < 4.78 is 13.2. The van der Waals surface area contributed by atoms with Crippen molar-refractivity contribution in [2.45, 2.75) is 39.3 Å². The van der Waals surface area contributed by atoms with E-state index in [-0.39, 0.29) is 23.5 Å². The van der Waals surface area contributed by atoms with E-state index in [1.807, 2.05) is 67.3 Å². The molecule has 3 aromatic rings. The molecule has 0 unspecified atom stereocenters. The largest absolute Gasteiger partial charge is 0.508 e. The number of phenols is 1. The first-order valence-electron chi connectivity index (χ1n) is 12.4. The summed E-state index contributed by atoms with van der Waals surface area (Å²) >= 11 is 0. The summed E-state index contributed by atoms with van der Waals surface area (Å²) in [6, 6.07) is 22.1. The molecular weight excluding hydrogens is 441 g/mol. The van der Waals surface area contributed by atoms with Crippen LogP contribution in [0.15, 0.2) is 72.8 Å². The van der Waals surface area contributed by atoms with E-state index in [9.17, 15) is 14.3 Å². The van der Waals surface area contributed by atoms with Gasteiger partial charge in [-0.15, -0.1) is 0 Å². The number of phenolic OH excluding ortho intramolecular Hbond substituents is 1. The molecule has 1 aliphatic heterocycles. The molecule has 4 rings (SSSR count). The second-order valence-electron chi connectivity index (χ2n) is 9.05. The molecule has 1 aliphatic rings. The molecule has 1 N–H and O–H groups in total. The van der Waals surface area contributed by atoms with Gasteiger partial charge < -0.3 is 14.9 Å². The SMILES string of the molecule is CCN(CC)C(=O)c1ccc(N(c2cccc(O)c2)C2CCN(Cc3ccc(F)cc3)CC2)cc1. The number of carbonyl (C=O) groups is 1. The molecule has 6 heteroatoms. The third kappa shape index (κ3) is 6.01. The van der Waals surface area contributed by atoms with Gasteiger partial charge in [0.2, 0.25) is 0 Å². The summed E-state index contributed by atoms with van der Waals surface area (Å²) in [6.45, 7) is 8.00. The molecule has 3 aromatic carbocycles. The number of aromatic hydroxyl groups is 1. The van der Waals surface area contributed by atoms with E-state index < -0.39 is 0 Å². The van der Waals surface area contributed by atoms with E-state index >= 15 is 0 Å². The van der Waals surface area contributed by atoms with E-state index in [4.69, 9.17) is 0 Å². The lowest BCUT2D eigenvalue weighted by molar-refractivity contribution is 0.0773. The zero-order valence-corrected chi connectivity index (χ0v) is 20.5. The molecule has 1 heterocycles. The highest BCUT2D eigenvalue weighted by molar-refractivity contribution is 5.94. The number of piperidine rings is 1. The van der Waals surface area contributed by atoms with Gasteiger partial charge in [-0.2, -0.15) is 0 Å².